The van der Waals surface area contributed by atoms with E-state index >= 15 is 0 Å². The van der Waals surface area contributed by atoms with Gasteiger partial charge in [0, 0.05) is 59.9 Å². The molecule has 0 saturated heterocycles. The summed E-state index contributed by atoms with van der Waals surface area (Å²) >= 11 is 0. The highest BCUT2D eigenvalue weighted by molar-refractivity contribution is 5.69. The predicted molar refractivity (Wildman–Crippen MR) is 240 cm³/mol. The molecule has 0 aromatic heterocycles. The second-order valence-corrected chi connectivity index (χ2v) is 20.2. The Kier molecular flexibility index (Phi) is 22.2. The molecule has 346 valence electrons. The summed E-state index contributed by atoms with van der Waals surface area (Å²) in [5.74, 6) is 0. The van der Waals surface area contributed by atoms with E-state index in [-0.39, 0.29) is 23.0 Å². The van der Waals surface area contributed by atoms with E-state index in [0.717, 1.165) is 51.9 Å². The van der Waals surface area contributed by atoms with Crippen molar-refractivity contribution in [1.82, 2.24) is 30.2 Å². The van der Waals surface area contributed by atoms with Crippen molar-refractivity contribution in [2.75, 3.05) is 59.9 Å². The van der Waals surface area contributed by atoms with Crippen LogP contribution in [-0.2, 0) is 22.6 Å². The van der Waals surface area contributed by atoms with Gasteiger partial charge in [0.05, 0.1) is 5.54 Å². The summed E-state index contributed by atoms with van der Waals surface area (Å²) in [5, 5.41) is 26.6. The molecular weight excluding hydrogens is 765 g/mol. The summed E-state index contributed by atoms with van der Waals surface area (Å²) in [4.78, 5) is 55.7. The monoisotopic (exact) mass is 849 g/mol. The molecule has 0 aliphatic heterocycles. The normalized spacial score (nSPS) is 12.5. The molecule has 0 heterocycles. The van der Waals surface area contributed by atoms with Gasteiger partial charge in [0.15, 0.2) is 0 Å². The molecule has 0 atom stereocenters. The third-order valence-electron chi connectivity index (χ3n) is 10.9. The SMILES string of the molecule is CN(CCCCN(CCCCNCc1ccc(CNCCCCN(CCCC(N(C)C(=O)OC(C)(C)C)(C(C)(C)C)C(C)(C)C)C(=O)O)cc1)C(=O)O)C(=O)OC(C)(C)C. The first-order valence-electron chi connectivity index (χ1n) is 22.0. The smallest absolute Gasteiger partial charge is 0.410 e. The Balaban J connectivity index is 2.43. The van der Waals surface area contributed by atoms with Crippen LogP contribution in [0.3, 0.4) is 0 Å². The van der Waals surface area contributed by atoms with E-state index in [0.29, 0.717) is 58.4 Å². The summed E-state index contributed by atoms with van der Waals surface area (Å²) in [5.41, 5.74) is -0.0314. The molecule has 14 nitrogen and oxygen atoms in total. The van der Waals surface area contributed by atoms with Gasteiger partial charge < -0.3 is 49.9 Å². The van der Waals surface area contributed by atoms with Crippen LogP contribution in [0, 0.1) is 10.8 Å². The van der Waals surface area contributed by atoms with Crippen molar-refractivity contribution >= 4 is 24.4 Å². The van der Waals surface area contributed by atoms with Gasteiger partial charge >= 0.3 is 24.4 Å². The van der Waals surface area contributed by atoms with Crippen LogP contribution >= 0.6 is 0 Å². The van der Waals surface area contributed by atoms with Gasteiger partial charge in [0.25, 0.3) is 0 Å². The number of nitrogens with one attached hydrogen (secondary N) is 2. The van der Waals surface area contributed by atoms with Gasteiger partial charge in [0.2, 0.25) is 0 Å². The number of hydrogen-bond donors (Lipinski definition) is 4. The molecule has 1 aromatic rings. The predicted octanol–water partition coefficient (Wildman–Crippen LogP) is 9.51. The Morgan fingerprint density at radius 1 is 0.533 bits per heavy atom. The Labute approximate surface area is 363 Å². The molecule has 14 heteroatoms. The molecule has 0 aliphatic carbocycles. The first-order chi connectivity index (χ1) is 27.6. The fraction of sp³-hybridized carbons (Fsp3) is 0.783. The first kappa shape index (κ1) is 54.2. The van der Waals surface area contributed by atoms with Crippen LogP contribution in [0.15, 0.2) is 24.3 Å². The van der Waals surface area contributed by atoms with Crippen molar-refractivity contribution in [2.45, 2.75) is 164 Å². The van der Waals surface area contributed by atoms with Crippen molar-refractivity contribution < 1.29 is 38.9 Å². The minimum atomic E-state index is -0.926. The zero-order chi connectivity index (χ0) is 46.0. The molecule has 0 fully saturated rings. The number of nitrogens with zero attached hydrogens (tertiary/aromatic N) is 4. The molecule has 1 rings (SSSR count). The minimum Gasteiger partial charge on any atom is -0.465 e. The maximum atomic E-state index is 13.4. The lowest BCUT2D eigenvalue weighted by molar-refractivity contribution is -0.0865. The van der Waals surface area contributed by atoms with E-state index in [4.69, 9.17) is 9.47 Å². The molecule has 4 N–H and O–H groups in total. The Morgan fingerprint density at radius 3 is 1.25 bits per heavy atom. The van der Waals surface area contributed by atoms with Crippen molar-refractivity contribution in [2.24, 2.45) is 10.8 Å². The van der Waals surface area contributed by atoms with Gasteiger partial charge in [-0.25, -0.2) is 19.2 Å². The van der Waals surface area contributed by atoms with Gasteiger partial charge in [-0.05, 0) is 128 Å². The largest absolute Gasteiger partial charge is 0.465 e. The number of carboxylic acid groups (broad SMARTS) is 2. The second kappa shape index (κ2) is 24.6. The van der Waals surface area contributed by atoms with Gasteiger partial charge in [-0.2, -0.15) is 0 Å². The molecule has 0 bridgehead atoms. The molecule has 0 unspecified atom stereocenters. The number of hydrogen-bond acceptors (Lipinski definition) is 8. The highest BCUT2D eigenvalue weighted by Crippen LogP contribution is 2.51. The van der Waals surface area contributed by atoms with E-state index in [9.17, 15) is 29.4 Å². The number of amides is 4. The van der Waals surface area contributed by atoms with Crippen LogP contribution < -0.4 is 10.6 Å². The zero-order valence-corrected chi connectivity index (χ0v) is 40.0. The number of ether oxygens (including phenoxy) is 2. The van der Waals surface area contributed by atoms with Gasteiger partial charge in [-0.3, -0.25) is 0 Å². The highest BCUT2D eigenvalue weighted by atomic mass is 16.6. The van der Waals surface area contributed by atoms with Crippen molar-refractivity contribution in [1.29, 1.82) is 0 Å². The second-order valence-electron chi connectivity index (χ2n) is 20.2. The molecule has 0 spiro atoms. The van der Waals surface area contributed by atoms with Crippen LogP contribution in [0.1, 0.15) is 146 Å². The maximum Gasteiger partial charge on any atom is 0.410 e. The zero-order valence-electron chi connectivity index (χ0n) is 40.0. The third kappa shape index (κ3) is 19.7. The number of benzene rings is 1. The lowest BCUT2D eigenvalue weighted by Crippen LogP contribution is -2.65. The molecule has 60 heavy (non-hydrogen) atoms. The molecule has 1 aromatic carbocycles. The first-order valence-corrected chi connectivity index (χ1v) is 22.0. The Hall–Kier alpha value is -3.78. The summed E-state index contributed by atoms with van der Waals surface area (Å²) in [6.07, 6.45) is 3.24. The number of carbonyl (C=O) groups is 4. The summed E-state index contributed by atoms with van der Waals surface area (Å²) in [6, 6.07) is 8.45. The van der Waals surface area contributed by atoms with Crippen molar-refractivity contribution in [3.8, 4) is 0 Å². The number of unbranched alkanes of at least 4 members (excludes halogenated alkanes) is 3. The molecule has 0 radical (unpaired) electrons. The van der Waals surface area contributed by atoms with Crippen LogP contribution in [-0.4, -0.2) is 131 Å². The Bertz CT molecular complexity index is 1430. The summed E-state index contributed by atoms with van der Waals surface area (Å²) < 4.78 is 11.2. The fourth-order valence-corrected chi connectivity index (χ4v) is 8.10. The molecule has 0 aliphatic rings. The average Bonchev–Trinajstić information content (AvgIpc) is 3.10. The van der Waals surface area contributed by atoms with E-state index in [2.05, 4.69) is 76.4 Å². The molecule has 4 amide bonds. The van der Waals surface area contributed by atoms with Crippen LogP contribution in [0.25, 0.3) is 0 Å². The number of carbonyl (C=O) groups excluding carboxylic acids is 2. The standard InChI is InChI=1S/C46H84N6O8/c1-42(2,3)46(43(4,5)6,50(14)41(58)60-45(10,11)12)26-21-33-52(39(55)56)31-18-16-28-48-35-37-24-22-36(23-25-37)34-47-27-15-17-30-51(38(53)54)32-20-19-29-49(13)40(57)59-44(7,8)9/h22-25,47-48H,15-21,26-35H2,1-14H3,(H,53,54)(H,55,56). The van der Waals surface area contributed by atoms with Gasteiger partial charge in [-0.15, -0.1) is 0 Å². The third-order valence-corrected chi connectivity index (χ3v) is 10.9. The fourth-order valence-electron chi connectivity index (χ4n) is 8.10. The minimum absolute atomic E-state index is 0.308. The van der Waals surface area contributed by atoms with Crippen LogP contribution in [0.4, 0.5) is 19.2 Å². The van der Waals surface area contributed by atoms with Gasteiger partial charge in [0.1, 0.15) is 11.2 Å². The van der Waals surface area contributed by atoms with Gasteiger partial charge in [-0.1, -0.05) is 65.8 Å². The summed E-state index contributed by atoms with van der Waals surface area (Å²) in [7, 11) is 3.50. The van der Waals surface area contributed by atoms with E-state index in [1.165, 1.54) is 25.8 Å². The average molecular weight is 849 g/mol. The highest BCUT2D eigenvalue weighted by Gasteiger charge is 2.55. The lowest BCUT2D eigenvalue weighted by atomic mass is 9.57. The lowest BCUT2D eigenvalue weighted by Gasteiger charge is -2.58. The van der Waals surface area contributed by atoms with E-state index in [1.54, 1.807) is 11.9 Å². The van der Waals surface area contributed by atoms with Crippen LogP contribution in [0.5, 0.6) is 0 Å². The number of rotatable bonds is 24. The van der Waals surface area contributed by atoms with E-state index < -0.39 is 28.9 Å². The molecular formula is C46H84N6O8. The molecule has 0 saturated carbocycles. The maximum absolute atomic E-state index is 13.4. The topological polar surface area (TPSA) is 164 Å². The van der Waals surface area contributed by atoms with Crippen molar-refractivity contribution in [3.05, 3.63) is 35.4 Å². The van der Waals surface area contributed by atoms with Crippen molar-refractivity contribution in [3.63, 3.8) is 0 Å². The summed E-state index contributed by atoms with van der Waals surface area (Å²) in [6.45, 7) is 29.2. The Morgan fingerprint density at radius 2 is 0.883 bits per heavy atom. The van der Waals surface area contributed by atoms with E-state index in [1.807, 2.05) is 48.6 Å². The quantitative estimate of drug-likeness (QED) is 0.0737. The van der Waals surface area contributed by atoms with Crippen LogP contribution in [0.2, 0.25) is 0 Å².